The summed E-state index contributed by atoms with van der Waals surface area (Å²) in [5, 5.41) is 11.5. The molecule has 0 bridgehead atoms. The van der Waals surface area contributed by atoms with Crippen molar-refractivity contribution in [3.05, 3.63) is 47.0 Å². The van der Waals surface area contributed by atoms with Crippen molar-refractivity contribution in [1.29, 1.82) is 5.26 Å². The summed E-state index contributed by atoms with van der Waals surface area (Å²) in [4.78, 5) is 30.2. The molecule has 1 heterocycles. The first-order valence-electron chi connectivity index (χ1n) is 7.72. The molecule has 0 aliphatic heterocycles. The molecule has 5 nitrogen and oxygen atoms in total. The Morgan fingerprint density at radius 1 is 1.24 bits per heavy atom. The number of aromatic nitrogens is 1. The highest BCUT2D eigenvalue weighted by molar-refractivity contribution is 7.14. The summed E-state index contributed by atoms with van der Waals surface area (Å²) in [6.45, 7) is 6.76. The predicted octanol–water partition coefficient (Wildman–Crippen LogP) is 4.35. The zero-order valence-electron chi connectivity index (χ0n) is 14.6. The molecule has 0 N–H and O–H groups in total. The maximum atomic E-state index is 12.3. The van der Waals surface area contributed by atoms with Crippen LogP contribution in [0.2, 0.25) is 0 Å². The van der Waals surface area contributed by atoms with Gasteiger partial charge in [0.05, 0.1) is 17.0 Å². The van der Waals surface area contributed by atoms with Gasteiger partial charge in [0.1, 0.15) is 6.07 Å². The molecular weight excluding hydrogens is 334 g/mol. The Morgan fingerprint density at radius 2 is 1.88 bits per heavy atom. The van der Waals surface area contributed by atoms with Crippen molar-refractivity contribution in [3.63, 3.8) is 0 Å². The van der Waals surface area contributed by atoms with Gasteiger partial charge in [-0.25, -0.2) is 4.98 Å². The molecule has 0 unspecified atom stereocenters. The Morgan fingerprint density at radius 3 is 2.40 bits per heavy atom. The van der Waals surface area contributed by atoms with Crippen LogP contribution in [0.25, 0.3) is 6.08 Å². The second-order valence-corrected chi connectivity index (χ2v) is 7.33. The molecule has 6 heteroatoms. The van der Waals surface area contributed by atoms with Gasteiger partial charge < -0.3 is 0 Å². The zero-order chi connectivity index (χ0) is 18.6. The van der Waals surface area contributed by atoms with E-state index in [9.17, 15) is 14.9 Å². The summed E-state index contributed by atoms with van der Waals surface area (Å²) < 4.78 is 0. The summed E-state index contributed by atoms with van der Waals surface area (Å²) in [7, 11) is 0. The van der Waals surface area contributed by atoms with E-state index in [-0.39, 0.29) is 17.3 Å². The van der Waals surface area contributed by atoms with E-state index < -0.39 is 5.41 Å². The molecule has 0 saturated heterocycles. The number of Topliss-reactive ketones (excluding diaryl/α,β-unsaturated/α-hetero) is 1. The Kier molecular flexibility index (Phi) is 5.50. The highest BCUT2D eigenvalue weighted by atomic mass is 32.1. The van der Waals surface area contributed by atoms with E-state index in [1.54, 1.807) is 26.2 Å². The van der Waals surface area contributed by atoms with Crippen molar-refractivity contribution in [2.45, 2.75) is 27.7 Å². The van der Waals surface area contributed by atoms with Crippen LogP contribution in [0, 0.1) is 16.7 Å². The standard InChI is InChI=1S/C19H19N3O2S/c1-13(23)22(16-8-6-5-7-9-16)18-21-15(12-25-18)10-14(11-20)17(24)19(2,3)4/h5-10,12H,1-4H3/b14-10+. The van der Waals surface area contributed by atoms with Gasteiger partial charge in [-0.3, -0.25) is 14.5 Å². The third-order valence-corrected chi connectivity index (χ3v) is 4.21. The topological polar surface area (TPSA) is 74.1 Å². The van der Waals surface area contributed by atoms with Crippen LogP contribution in [-0.2, 0) is 9.59 Å². The van der Waals surface area contributed by atoms with E-state index >= 15 is 0 Å². The second kappa shape index (κ2) is 7.41. The van der Waals surface area contributed by atoms with Crippen LogP contribution in [0.15, 0.2) is 41.3 Å². The monoisotopic (exact) mass is 353 g/mol. The molecule has 0 fully saturated rings. The number of para-hydroxylation sites is 1. The number of thiazole rings is 1. The minimum Gasteiger partial charge on any atom is -0.293 e. The average molecular weight is 353 g/mol. The van der Waals surface area contributed by atoms with Gasteiger partial charge in [0.15, 0.2) is 10.9 Å². The molecular formula is C19H19N3O2S. The molecule has 128 valence electrons. The Bertz CT molecular complexity index is 855. The van der Waals surface area contributed by atoms with Crippen LogP contribution in [-0.4, -0.2) is 16.7 Å². The first-order chi connectivity index (χ1) is 11.7. The van der Waals surface area contributed by atoms with Crippen LogP contribution in [0.4, 0.5) is 10.8 Å². The molecule has 0 aliphatic rings. The SMILES string of the molecule is CC(=O)N(c1ccccc1)c1nc(/C=C(\C#N)C(=O)C(C)(C)C)cs1. The lowest BCUT2D eigenvalue weighted by Gasteiger charge is -2.17. The number of carbonyl (C=O) groups is 2. The molecule has 2 aromatic rings. The van der Waals surface area contributed by atoms with E-state index in [4.69, 9.17) is 0 Å². The lowest BCUT2D eigenvalue weighted by molar-refractivity contribution is -0.122. The number of benzene rings is 1. The summed E-state index contributed by atoms with van der Waals surface area (Å²) in [5.74, 6) is -0.404. The number of anilines is 2. The normalized spacial score (nSPS) is 11.7. The number of rotatable bonds is 4. The van der Waals surface area contributed by atoms with E-state index in [0.717, 1.165) is 0 Å². The van der Waals surface area contributed by atoms with Crippen LogP contribution in [0.1, 0.15) is 33.4 Å². The maximum Gasteiger partial charge on any atom is 0.230 e. The van der Waals surface area contributed by atoms with Gasteiger partial charge >= 0.3 is 0 Å². The molecule has 0 radical (unpaired) electrons. The van der Waals surface area contributed by atoms with Crippen molar-refractivity contribution < 1.29 is 9.59 Å². The highest BCUT2D eigenvalue weighted by Gasteiger charge is 2.25. The number of ketones is 1. The van der Waals surface area contributed by atoms with Crippen molar-refractivity contribution in [2.24, 2.45) is 5.41 Å². The molecule has 0 spiro atoms. The number of allylic oxidation sites excluding steroid dienone is 1. The minimum atomic E-state index is -0.643. The van der Waals surface area contributed by atoms with Crippen molar-refractivity contribution in [3.8, 4) is 6.07 Å². The molecule has 1 amide bonds. The first kappa shape index (κ1) is 18.6. The lowest BCUT2D eigenvalue weighted by Crippen LogP contribution is -2.22. The van der Waals surface area contributed by atoms with Gasteiger partial charge in [0, 0.05) is 17.7 Å². The minimum absolute atomic E-state index is 0.0541. The maximum absolute atomic E-state index is 12.3. The molecule has 0 atom stereocenters. The number of nitriles is 1. The van der Waals surface area contributed by atoms with E-state index in [1.807, 2.05) is 36.4 Å². The fourth-order valence-electron chi connectivity index (χ4n) is 2.15. The number of hydrogen-bond acceptors (Lipinski definition) is 5. The van der Waals surface area contributed by atoms with Gasteiger partial charge in [0.25, 0.3) is 0 Å². The Balaban J connectivity index is 2.38. The molecule has 1 aromatic heterocycles. The van der Waals surface area contributed by atoms with Gasteiger partial charge in [-0.15, -0.1) is 11.3 Å². The van der Waals surface area contributed by atoms with Crippen molar-refractivity contribution in [1.82, 2.24) is 4.98 Å². The second-order valence-electron chi connectivity index (χ2n) is 6.49. The smallest absolute Gasteiger partial charge is 0.230 e. The quantitative estimate of drug-likeness (QED) is 0.605. The van der Waals surface area contributed by atoms with Crippen molar-refractivity contribution >= 4 is 39.9 Å². The van der Waals surface area contributed by atoms with E-state index in [1.165, 1.54) is 29.2 Å². The first-order valence-corrected chi connectivity index (χ1v) is 8.60. The summed E-state index contributed by atoms with van der Waals surface area (Å²) >= 11 is 1.28. The molecule has 0 saturated carbocycles. The van der Waals surface area contributed by atoms with Gasteiger partial charge in [0.2, 0.25) is 5.91 Å². The molecule has 25 heavy (non-hydrogen) atoms. The molecule has 2 rings (SSSR count). The Hall–Kier alpha value is -2.78. The third-order valence-electron chi connectivity index (χ3n) is 3.37. The summed E-state index contributed by atoms with van der Waals surface area (Å²) in [6, 6.07) is 11.1. The lowest BCUT2D eigenvalue weighted by atomic mass is 9.86. The molecule has 1 aromatic carbocycles. The van der Waals surface area contributed by atoms with Crippen LogP contribution < -0.4 is 4.90 Å². The molecule has 0 aliphatic carbocycles. The van der Waals surface area contributed by atoms with Gasteiger partial charge in [-0.1, -0.05) is 39.0 Å². The van der Waals surface area contributed by atoms with Crippen molar-refractivity contribution in [2.75, 3.05) is 4.90 Å². The van der Waals surface area contributed by atoms with Crippen LogP contribution in [0.3, 0.4) is 0 Å². The zero-order valence-corrected chi connectivity index (χ0v) is 15.4. The van der Waals surface area contributed by atoms with Crippen LogP contribution in [0.5, 0.6) is 0 Å². The summed E-state index contributed by atoms with van der Waals surface area (Å²) in [6.07, 6.45) is 1.47. The van der Waals surface area contributed by atoms with Gasteiger partial charge in [-0.2, -0.15) is 5.26 Å². The summed E-state index contributed by atoms with van der Waals surface area (Å²) in [5.41, 5.74) is 0.608. The fraction of sp³-hybridized carbons (Fsp3) is 0.263. The Labute approximate surface area is 151 Å². The van der Waals surface area contributed by atoms with E-state index in [2.05, 4.69) is 4.98 Å². The van der Waals surface area contributed by atoms with E-state index in [0.29, 0.717) is 16.5 Å². The van der Waals surface area contributed by atoms with Crippen LogP contribution >= 0.6 is 11.3 Å². The predicted molar refractivity (Wildman–Crippen MR) is 99.4 cm³/mol. The third kappa shape index (κ3) is 4.40. The number of nitrogens with zero attached hydrogens (tertiary/aromatic N) is 3. The van der Waals surface area contributed by atoms with Gasteiger partial charge in [-0.05, 0) is 18.2 Å². The largest absolute Gasteiger partial charge is 0.293 e. The highest BCUT2D eigenvalue weighted by Crippen LogP contribution is 2.30. The average Bonchev–Trinajstić information content (AvgIpc) is 3.00. The number of amides is 1. The number of hydrogen-bond donors (Lipinski definition) is 0. The number of carbonyl (C=O) groups excluding carboxylic acids is 2. The fourth-order valence-corrected chi connectivity index (χ4v) is 2.99.